The molecule has 1 heterocycles. The van der Waals surface area contributed by atoms with E-state index in [1.54, 1.807) is 27.8 Å². The van der Waals surface area contributed by atoms with E-state index in [1.165, 1.54) is 41.6 Å². The molecule has 31 heavy (non-hydrogen) atoms. The summed E-state index contributed by atoms with van der Waals surface area (Å²) in [4.78, 5) is 0. The van der Waals surface area contributed by atoms with Gasteiger partial charge in [0.15, 0.2) is 0 Å². The summed E-state index contributed by atoms with van der Waals surface area (Å²) >= 11 is 0. The van der Waals surface area contributed by atoms with Crippen LogP contribution in [0.2, 0.25) is 12.1 Å². The number of rotatable bonds is 2. The van der Waals surface area contributed by atoms with Crippen molar-refractivity contribution in [2.75, 3.05) is 0 Å². The van der Waals surface area contributed by atoms with Crippen molar-refractivity contribution in [2.45, 2.75) is 89.3 Å². The molecule has 0 nitrogen and oxygen atoms in total. The molecule has 1 saturated heterocycles. The molecule has 0 bridgehead atoms. The first-order valence-electron chi connectivity index (χ1n) is 12.3. The van der Waals surface area contributed by atoms with Gasteiger partial charge < -0.3 is 0 Å². The first-order chi connectivity index (χ1) is 14.7. The van der Waals surface area contributed by atoms with Gasteiger partial charge >= 0.3 is 0 Å². The van der Waals surface area contributed by atoms with Crippen LogP contribution >= 0.6 is 0 Å². The third-order valence-electron chi connectivity index (χ3n) is 7.87. The van der Waals surface area contributed by atoms with Gasteiger partial charge in [0.1, 0.15) is 0 Å². The minimum absolute atomic E-state index is 0.154. The van der Waals surface area contributed by atoms with Crippen molar-refractivity contribution >= 4 is 14.4 Å². The summed E-state index contributed by atoms with van der Waals surface area (Å²) in [5, 5.41) is 0. The quantitative estimate of drug-likeness (QED) is 0.424. The van der Waals surface area contributed by atoms with Crippen molar-refractivity contribution in [1.29, 1.82) is 0 Å². The number of hydrogen-bond acceptors (Lipinski definition) is 0. The Balaban J connectivity index is 1.80. The second kappa shape index (κ2) is 7.34. The molecule has 0 aromatic heterocycles. The van der Waals surface area contributed by atoms with Crippen molar-refractivity contribution in [2.24, 2.45) is 0 Å². The van der Waals surface area contributed by atoms with Crippen molar-refractivity contribution < 1.29 is 0 Å². The van der Waals surface area contributed by atoms with Crippen LogP contribution in [0.5, 0.6) is 0 Å². The summed E-state index contributed by atoms with van der Waals surface area (Å²) in [7, 11) is -0.875. The SMILES string of the molecule is CC(C)(C)c1ccc2c(c1)C([SiH]1CCCC1)c1c-2ccc(C(C)(C)C)c1C1=CC=CC1. The van der Waals surface area contributed by atoms with E-state index in [0.717, 1.165) is 6.42 Å². The standard InChI is InChI=1S/C30H38Si/c1-29(2,3)21-13-14-22-23-15-16-25(30(4,5)6)26(20-11-7-8-12-20)27(23)28(24(22)19-21)31-17-9-10-18-31/h7-8,11,13-16,19,28,31H,9-10,12,17-18H2,1-6H3. The van der Waals surface area contributed by atoms with E-state index in [2.05, 4.69) is 90.1 Å². The van der Waals surface area contributed by atoms with E-state index in [4.69, 9.17) is 0 Å². The molecule has 0 spiro atoms. The predicted molar refractivity (Wildman–Crippen MR) is 139 cm³/mol. The van der Waals surface area contributed by atoms with Crippen LogP contribution in [-0.4, -0.2) is 8.80 Å². The van der Waals surface area contributed by atoms with Gasteiger partial charge in [0, 0.05) is 5.54 Å². The zero-order valence-electron chi connectivity index (χ0n) is 20.3. The highest BCUT2D eigenvalue weighted by atomic mass is 28.3. The Hall–Kier alpha value is -1.86. The lowest BCUT2D eigenvalue weighted by Crippen LogP contribution is -2.23. The summed E-state index contributed by atoms with van der Waals surface area (Å²) < 4.78 is 0. The molecule has 1 heteroatoms. The highest BCUT2D eigenvalue weighted by Gasteiger charge is 2.40. The van der Waals surface area contributed by atoms with Crippen LogP contribution in [0.4, 0.5) is 0 Å². The Bertz CT molecular complexity index is 1080. The fourth-order valence-electron chi connectivity index (χ4n) is 6.25. The molecule has 1 unspecified atom stereocenters. The first kappa shape index (κ1) is 21.0. The minimum atomic E-state index is -0.875. The molecule has 0 radical (unpaired) electrons. The number of fused-ring (bicyclic) bond motifs is 3. The Kier molecular flexibility index (Phi) is 4.97. The molecule has 1 aliphatic heterocycles. The van der Waals surface area contributed by atoms with E-state index in [9.17, 15) is 0 Å². The van der Waals surface area contributed by atoms with Crippen LogP contribution < -0.4 is 0 Å². The van der Waals surface area contributed by atoms with E-state index < -0.39 is 8.80 Å². The average molecular weight is 427 g/mol. The fraction of sp³-hybridized carbons (Fsp3) is 0.467. The summed E-state index contributed by atoms with van der Waals surface area (Å²) in [5.74, 6) is 0. The summed E-state index contributed by atoms with van der Waals surface area (Å²) in [6.45, 7) is 14.2. The molecule has 2 aromatic carbocycles. The van der Waals surface area contributed by atoms with E-state index in [1.807, 2.05) is 0 Å². The number of benzene rings is 2. The van der Waals surface area contributed by atoms with Gasteiger partial charge in [-0.1, -0.05) is 115 Å². The third-order valence-corrected chi connectivity index (χ3v) is 11.8. The highest BCUT2D eigenvalue weighted by molar-refractivity contribution is 6.62. The van der Waals surface area contributed by atoms with Crippen LogP contribution in [0.1, 0.15) is 94.2 Å². The molecule has 0 saturated carbocycles. The molecular weight excluding hydrogens is 388 g/mol. The number of allylic oxidation sites excluding steroid dienone is 4. The zero-order valence-corrected chi connectivity index (χ0v) is 21.5. The molecule has 0 N–H and O–H groups in total. The van der Waals surface area contributed by atoms with Crippen LogP contribution in [0.15, 0.2) is 48.6 Å². The van der Waals surface area contributed by atoms with Crippen LogP contribution in [-0.2, 0) is 10.8 Å². The monoisotopic (exact) mass is 426 g/mol. The molecular formula is C30H38Si. The van der Waals surface area contributed by atoms with Crippen molar-refractivity contribution in [3.05, 3.63) is 76.4 Å². The Labute approximate surface area is 191 Å². The topological polar surface area (TPSA) is 0 Å². The predicted octanol–water partition coefficient (Wildman–Crippen LogP) is 8.30. The zero-order chi connectivity index (χ0) is 22.0. The molecule has 1 fully saturated rings. The van der Waals surface area contributed by atoms with Gasteiger partial charge in [-0.25, -0.2) is 0 Å². The van der Waals surface area contributed by atoms with Crippen molar-refractivity contribution in [3.8, 4) is 11.1 Å². The van der Waals surface area contributed by atoms with Gasteiger partial charge in [-0.15, -0.1) is 0 Å². The number of hydrogen-bond donors (Lipinski definition) is 0. The lowest BCUT2D eigenvalue weighted by atomic mass is 9.78. The smallest absolute Gasteiger partial charge is 0.0505 e. The average Bonchev–Trinajstić information content (AvgIpc) is 3.44. The second-order valence-corrected chi connectivity index (χ2v) is 15.4. The van der Waals surface area contributed by atoms with Gasteiger partial charge in [-0.2, -0.15) is 0 Å². The largest absolute Gasteiger partial charge is 0.0801 e. The van der Waals surface area contributed by atoms with Gasteiger partial charge in [0.2, 0.25) is 0 Å². The van der Waals surface area contributed by atoms with E-state index >= 15 is 0 Å². The normalized spacial score (nSPS) is 20.8. The molecule has 2 aromatic rings. The Morgan fingerprint density at radius 2 is 1.55 bits per heavy atom. The molecule has 5 rings (SSSR count). The van der Waals surface area contributed by atoms with Gasteiger partial charge in [0.25, 0.3) is 0 Å². The van der Waals surface area contributed by atoms with Crippen LogP contribution in [0.25, 0.3) is 16.7 Å². The highest BCUT2D eigenvalue weighted by Crippen LogP contribution is 2.54. The maximum Gasteiger partial charge on any atom is 0.0505 e. The molecule has 2 aliphatic carbocycles. The van der Waals surface area contributed by atoms with E-state index in [-0.39, 0.29) is 10.8 Å². The fourth-order valence-corrected chi connectivity index (χ4v) is 10.4. The summed E-state index contributed by atoms with van der Waals surface area (Å²) in [5.41, 5.74) is 13.7. The van der Waals surface area contributed by atoms with Crippen LogP contribution in [0.3, 0.4) is 0 Å². The molecule has 0 amide bonds. The second-order valence-electron chi connectivity index (χ2n) is 12.1. The van der Waals surface area contributed by atoms with Gasteiger partial charge in [-0.3, -0.25) is 0 Å². The minimum Gasteiger partial charge on any atom is -0.0801 e. The van der Waals surface area contributed by atoms with Gasteiger partial charge in [-0.05, 0) is 61.8 Å². The maximum absolute atomic E-state index is 2.60. The molecule has 3 aliphatic rings. The van der Waals surface area contributed by atoms with Gasteiger partial charge in [0.05, 0.1) is 8.80 Å². The summed E-state index contributed by atoms with van der Waals surface area (Å²) in [6, 6.07) is 15.4. The molecule has 1 atom stereocenters. The Morgan fingerprint density at radius 3 is 2.16 bits per heavy atom. The van der Waals surface area contributed by atoms with E-state index in [0.29, 0.717) is 5.54 Å². The van der Waals surface area contributed by atoms with Crippen molar-refractivity contribution in [1.82, 2.24) is 0 Å². The molecule has 162 valence electrons. The third kappa shape index (κ3) is 3.50. The maximum atomic E-state index is 2.60. The lowest BCUT2D eigenvalue weighted by Gasteiger charge is -2.30. The van der Waals surface area contributed by atoms with Crippen LogP contribution in [0, 0.1) is 0 Å². The van der Waals surface area contributed by atoms with Crippen molar-refractivity contribution in [3.63, 3.8) is 0 Å². The lowest BCUT2D eigenvalue weighted by molar-refractivity contribution is 0.587. The summed E-state index contributed by atoms with van der Waals surface area (Å²) in [6.07, 6.45) is 11.0. The Morgan fingerprint density at radius 1 is 0.839 bits per heavy atom. The first-order valence-corrected chi connectivity index (χ1v) is 14.6.